The van der Waals surface area contributed by atoms with Gasteiger partial charge in [-0.1, -0.05) is 133 Å². The predicted octanol–water partition coefficient (Wildman–Crippen LogP) is 12.8. The second-order valence-electron chi connectivity index (χ2n) is 12.0. The highest BCUT2D eigenvalue weighted by atomic mass is 16.3. The molecular weight excluding hydrogens is 560 g/mol. The summed E-state index contributed by atoms with van der Waals surface area (Å²) in [5.74, 6) is 0. The van der Waals surface area contributed by atoms with Crippen LogP contribution >= 0.6 is 0 Å². The van der Waals surface area contributed by atoms with Crippen LogP contribution in [0, 0.1) is 0 Å². The van der Waals surface area contributed by atoms with Gasteiger partial charge in [-0.3, -0.25) is 0 Å². The van der Waals surface area contributed by atoms with Gasteiger partial charge in [0, 0.05) is 32.7 Å². The van der Waals surface area contributed by atoms with Crippen molar-refractivity contribution in [1.82, 2.24) is 0 Å². The molecule has 0 N–H and O–H groups in total. The Morgan fingerprint density at radius 2 is 0.891 bits per heavy atom. The second kappa shape index (κ2) is 9.69. The lowest BCUT2D eigenvalue weighted by Crippen LogP contribution is -1.89. The molecule has 0 aliphatic heterocycles. The maximum atomic E-state index is 6.81. The third kappa shape index (κ3) is 3.65. The molecule has 10 rings (SSSR count). The zero-order valence-corrected chi connectivity index (χ0v) is 24.8. The number of fused-ring (bicyclic) bond motifs is 8. The zero-order valence-electron chi connectivity index (χ0n) is 24.8. The SMILES string of the molecule is c1ccc2c(-c3ccc(-c4c5ccccc5c(-c5ccc6oc7ccccc7c6c5)c5oc6ccccc6c45)cc3)cccc2c1. The first-order valence-corrected chi connectivity index (χ1v) is 15.7. The summed E-state index contributed by atoms with van der Waals surface area (Å²) in [5, 5.41) is 9.35. The van der Waals surface area contributed by atoms with Gasteiger partial charge >= 0.3 is 0 Å². The monoisotopic (exact) mass is 586 g/mol. The van der Waals surface area contributed by atoms with Crippen molar-refractivity contribution in [1.29, 1.82) is 0 Å². The van der Waals surface area contributed by atoms with Gasteiger partial charge in [0.25, 0.3) is 0 Å². The molecule has 46 heavy (non-hydrogen) atoms. The Balaban J connectivity index is 1.26. The zero-order chi connectivity index (χ0) is 30.2. The van der Waals surface area contributed by atoms with Crippen LogP contribution in [0.1, 0.15) is 0 Å². The van der Waals surface area contributed by atoms with Crippen molar-refractivity contribution in [2.45, 2.75) is 0 Å². The van der Waals surface area contributed by atoms with Crippen molar-refractivity contribution in [3.05, 3.63) is 158 Å². The van der Waals surface area contributed by atoms with Gasteiger partial charge in [-0.2, -0.15) is 0 Å². The summed E-state index contributed by atoms with van der Waals surface area (Å²) < 4.78 is 13.0. The number of para-hydroxylation sites is 2. The Morgan fingerprint density at radius 1 is 0.326 bits per heavy atom. The smallest absolute Gasteiger partial charge is 0.144 e. The van der Waals surface area contributed by atoms with Crippen molar-refractivity contribution in [3.63, 3.8) is 0 Å². The van der Waals surface area contributed by atoms with Gasteiger partial charge < -0.3 is 8.83 Å². The fourth-order valence-corrected chi connectivity index (χ4v) is 7.41. The molecule has 10 aromatic rings. The molecule has 0 atom stereocenters. The summed E-state index contributed by atoms with van der Waals surface area (Å²) in [6, 6.07) is 56.1. The molecule has 0 bridgehead atoms. The molecule has 0 radical (unpaired) electrons. The summed E-state index contributed by atoms with van der Waals surface area (Å²) in [5.41, 5.74) is 10.6. The van der Waals surface area contributed by atoms with E-state index in [1.165, 1.54) is 38.4 Å². The Labute approximate surface area is 264 Å². The standard InChI is InChI=1S/C44H26O2/c1-2-12-31-27(10-1)11-9-17-32(31)28-20-22-29(23-21-28)41-34-14-3-4-15-35(34)42(44-43(41)36-16-6-8-19-39(36)46-44)30-24-25-40-37(26-30)33-13-5-7-18-38(33)45-40/h1-26H. The van der Waals surface area contributed by atoms with Crippen LogP contribution in [0.3, 0.4) is 0 Å². The van der Waals surface area contributed by atoms with Crippen LogP contribution in [0.4, 0.5) is 0 Å². The molecule has 2 heteroatoms. The molecule has 0 aliphatic rings. The average Bonchev–Trinajstić information content (AvgIpc) is 3.69. The van der Waals surface area contributed by atoms with Gasteiger partial charge in [-0.25, -0.2) is 0 Å². The highest BCUT2D eigenvalue weighted by Gasteiger charge is 2.23. The van der Waals surface area contributed by atoms with Crippen LogP contribution in [0.5, 0.6) is 0 Å². The van der Waals surface area contributed by atoms with E-state index >= 15 is 0 Å². The van der Waals surface area contributed by atoms with E-state index in [4.69, 9.17) is 8.83 Å². The summed E-state index contributed by atoms with van der Waals surface area (Å²) in [7, 11) is 0. The quantitative estimate of drug-likeness (QED) is 0.206. The lowest BCUT2D eigenvalue weighted by molar-refractivity contribution is 0.668. The van der Waals surface area contributed by atoms with Gasteiger partial charge in [0.15, 0.2) is 0 Å². The Hall–Kier alpha value is -6.12. The normalized spacial score (nSPS) is 11.9. The van der Waals surface area contributed by atoms with E-state index in [-0.39, 0.29) is 0 Å². The topological polar surface area (TPSA) is 26.3 Å². The summed E-state index contributed by atoms with van der Waals surface area (Å²) in [6.07, 6.45) is 0. The first kappa shape index (κ1) is 25.2. The molecule has 0 aliphatic carbocycles. The van der Waals surface area contributed by atoms with Gasteiger partial charge in [-0.15, -0.1) is 0 Å². The third-order valence-corrected chi connectivity index (χ3v) is 9.48. The maximum Gasteiger partial charge on any atom is 0.144 e. The highest BCUT2D eigenvalue weighted by molar-refractivity contribution is 6.27. The molecule has 2 nitrogen and oxygen atoms in total. The first-order valence-electron chi connectivity index (χ1n) is 15.7. The minimum Gasteiger partial charge on any atom is -0.456 e. The Bertz CT molecular complexity index is 2790. The number of hydrogen-bond acceptors (Lipinski definition) is 2. The van der Waals surface area contributed by atoms with Crippen LogP contribution in [-0.4, -0.2) is 0 Å². The molecule has 0 unspecified atom stereocenters. The van der Waals surface area contributed by atoms with E-state index in [1.807, 2.05) is 18.2 Å². The van der Waals surface area contributed by atoms with Crippen LogP contribution in [0.15, 0.2) is 167 Å². The van der Waals surface area contributed by atoms with Crippen molar-refractivity contribution in [3.8, 4) is 33.4 Å². The fourth-order valence-electron chi connectivity index (χ4n) is 7.41. The van der Waals surface area contributed by atoms with E-state index < -0.39 is 0 Å². The van der Waals surface area contributed by atoms with Crippen molar-refractivity contribution in [2.75, 3.05) is 0 Å². The maximum absolute atomic E-state index is 6.81. The van der Waals surface area contributed by atoms with E-state index in [0.29, 0.717) is 0 Å². The number of hydrogen-bond donors (Lipinski definition) is 0. The largest absolute Gasteiger partial charge is 0.456 e. The third-order valence-electron chi connectivity index (χ3n) is 9.48. The predicted molar refractivity (Wildman–Crippen MR) is 192 cm³/mol. The molecule has 0 fully saturated rings. The second-order valence-corrected chi connectivity index (χ2v) is 12.0. The average molecular weight is 587 g/mol. The molecule has 8 aromatic carbocycles. The van der Waals surface area contributed by atoms with Gasteiger partial charge in [0.2, 0.25) is 0 Å². The van der Waals surface area contributed by atoms with Crippen molar-refractivity contribution >= 4 is 65.4 Å². The van der Waals surface area contributed by atoms with Gasteiger partial charge in [-0.05, 0) is 68.1 Å². The number of benzene rings is 8. The van der Waals surface area contributed by atoms with E-state index in [0.717, 1.165) is 60.4 Å². The minimum absolute atomic E-state index is 0.887. The fraction of sp³-hybridized carbons (Fsp3) is 0. The van der Waals surface area contributed by atoms with E-state index in [1.54, 1.807) is 0 Å². The van der Waals surface area contributed by atoms with Gasteiger partial charge in [0.05, 0.1) is 0 Å². The summed E-state index contributed by atoms with van der Waals surface area (Å²) >= 11 is 0. The Kier molecular flexibility index (Phi) is 5.31. The van der Waals surface area contributed by atoms with Crippen LogP contribution in [0.25, 0.3) is 98.8 Å². The van der Waals surface area contributed by atoms with Crippen LogP contribution < -0.4 is 0 Å². The summed E-state index contributed by atoms with van der Waals surface area (Å²) in [4.78, 5) is 0. The summed E-state index contributed by atoms with van der Waals surface area (Å²) in [6.45, 7) is 0. The molecule has 214 valence electrons. The Morgan fingerprint density at radius 3 is 1.70 bits per heavy atom. The first-order chi connectivity index (χ1) is 22.8. The van der Waals surface area contributed by atoms with E-state index in [2.05, 4.69) is 140 Å². The molecule has 2 heterocycles. The molecule has 0 spiro atoms. The van der Waals surface area contributed by atoms with Gasteiger partial charge in [0.1, 0.15) is 22.3 Å². The van der Waals surface area contributed by atoms with Crippen molar-refractivity contribution < 1.29 is 8.83 Å². The minimum atomic E-state index is 0.887. The molecule has 0 amide bonds. The number of furan rings is 2. The highest BCUT2D eigenvalue weighted by Crippen LogP contribution is 2.48. The number of rotatable bonds is 3. The lowest BCUT2D eigenvalue weighted by Gasteiger charge is -2.15. The molecule has 0 saturated heterocycles. The van der Waals surface area contributed by atoms with Crippen molar-refractivity contribution in [2.24, 2.45) is 0 Å². The van der Waals surface area contributed by atoms with Crippen LogP contribution in [0.2, 0.25) is 0 Å². The molecule has 0 saturated carbocycles. The lowest BCUT2D eigenvalue weighted by atomic mass is 9.87. The van der Waals surface area contributed by atoms with Crippen LogP contribution in [-0.2, 0) is 0 Å². The molecular formula is C44H26O2. The molecule has 2 aromatic heterocycles. The van der Waals surface area contributed by atoms with E-state index in [9.17, 15) is 0 Å².